The molecule has 5 nitrogen and oxygen atoms in total. The van der Waals surface area contributed by atoms with Crippen LogP contribution in [0.1, 0.15) is 44.9 Å². The summed E-state index contributed by atoms with van der Waals surface area (Å²) in [6, 6.07) is 0. The summed E-state index contributed by atoms with van der Waals surface area (Å²) in [7, 11) is -3.30. The maximum atomic E-state index is 13.3. The molecule has 9 heteroatoms. The van der Waals surface area contributed by atoms with Crippen molar-refractivity contribution >= 4 is 15.9 Å². The van der Waals surface area contributed by atoms with Gasteiger partial charge in [0.2, 0.25) is 15.9 Å². The number of carbonyl (C=O) groups is 1. The van der Waals surface area contributed by atoms with Gasteiger partial charge in [-0.1, -0.05) is 12.8 Å². The molecule has 1 aliphatic heterocycles. The van der Waals surface area contributed by atoms with Crippen LogP contribution in [0.5, 0.6) is 0 Å². The predicted octanol–water partition coefficient (Wildman–Crippen LogP) is 2.38. The molecular weight excluding hydrogens is 357 g/mol. The molecule has 3 rings (SSSR count). The molecule has 0 radical (unpaired) electrons. The van der Waals surface area contributed by atoms with E-state index in [9.17, 15) is 26.4 Å². The summed E-state index contributed by atoms with van der Waals surface area (Å²) >= 11 is 0. The van der Waals surface area contributed by atoms with Crippen LogP contribution < -0.4 is 0 Å². The fourth-order valence-electron chi connectivity index (χ4n) is 4.00. The number of nitrogens with zero attached hydrogens (tertiary/aromatic N) is 2. The summed E-state index contributed by atoms with van der Waals surface area (Å²) in [6.45, 7) is 1.05. The van der Waals surface area contributed by atoms with Crippen molar-refractivity contribution in [3.63, 3.8) is 0 Å². The molecule has 3 fully saturated rings. The summed E-state index contributed by atoms with van der Waals surface area (Å²) < 4.78 is 65.9. The lowest BCUT2D eigenvalue weighted by Crippen LogP contribution is -2.46. The average molecular weight is 382 g/mol. The van der Waals surface area contributed by atoms with Gasteiger partial charge in [0.15, 0.2) is 0 Å². The van der Waals surface area contributed by atoms with Gasteiger partial charge in [-0.3, -0.25) is 4.79 Å². The van der Waals surface area contributed by atoms with E-state index in [1.54, 1.807) is 0 Å². The average Bonchev–Trinajstić information content (AvgIpc) is 3.39. The van der Waals surface area contributed by atoms with Crippen LogP contribution in [0.2, 0.25) is 0 Å². The van der Waals surface area contributed by atoms with Crippen LogP contribution in [0.4, 0.5) is 13.2 Å². The second-order valence-electron chi connectivity index (χ2n) is 7.36. The summed E-state index contributed by atoms with van der Waals surface area (Å²) in [4.78, 5) is 14.2. The van der Waals surface area contributed by atoms with E-state index in [0.717, 1.165) is 0 Å². The minimum atomic E-state index is -4.35. The van der Waals surface area contributed by atoms with Crippen molar-refractivity contribution in [2.24, 2.45) is 11.8 Å². The predicted molar refractivity (Wildman–Crippen MR) is 86.2 cm³/mol. The number of hydrogen-bond donors (Lipinski definition) is 0. The number of hydrogen-bond acceptors (Lipinski definition) is 3. The zero-order valence-corrected chi connectivity index (χ0v) is 15.0. The van der Waals surface area contributed by atoms with Crippen LogP contribution in [0.25, 0.3) is 0 Å². The van der Waals surface area contributed by atoms with Gasteiger partial charge in [0.25, 0.3) is 0 Å². The van der Waals surface area contributed by atoms with Gasteiger partial charge < -0.3 is 4.90 Å². The molecular formula is C16H25F3N2O3S. The van der Waals surface area contributed by atoms with Gasteiger partial charge in [-0.2, -0.15) is 17.5 Å². The Kier molecular flexibility index (Phi) is 5.35. The van der Waals surface area contributed by atoms with E-state index < -0.39 is 33.9 Å². The van der Waals surface area contributed by atoms with Crippen LogP contribution in [-0.4, -0.2) is 61.1 Å². The maximum Gasteiger partial charge on any atom is 0.392 e. The molecule has 0 bridgehead atoms. The molecule has 2 aliphatic carbocycles. The van der Waals surface area contributed by atoms with E-state index in [4.69, 9.17) is 0 Å². The van der Waals surface area contributed by atoms with Gasteiger partial charge in [0.05, 0.1) is 11.2 Å². The van der Waals surface area contributed by atoms with Gasteiger partial charge in [-0.15, -0.1) is 0 Å². The van der Waals surface area contributed by atoms with Crippen molar-refractivity contribution in [1.82, 2.24) is 9.21 Å². The standard InChI is InChI=1S/C16H25F3N2O3S/c17-16(18,19)14-5-2-1-4-13(14)15(22)20-8-3-9-21(11-10-20)25(23,24)12-6-7-12/h12-14H,1-11H2/t13-,14-/m1/s1. The number of amides is 1. The molecule has 0 N–H and O–H groups in total. The highest BCUT2D eigenvalue weighted by atomic mass is 32.2. The third-order valence-corrected chi connectivity index (χ3v) is 7.97. The highest BCUT2D eigenvalue weighted by Crippen LogP contribution is 2.42. The highest BCUT2D eigenvalue weighted by molar-refractivity contribution is 7.90. The summed E-state index contributed by atoms with van der Waals surface area (Å²) in [5, 5.41) is -0.303. The van der Waals surface area contributed by atoms with Crippen LogP contribution in [-0.2, 0) is 14.8 Å². The lowest BCUT2D eigenvalue weighted by Gasteiger charge is -2.35. The third-order valence-electron chi connectivity index (χ3n) is 5.58. The minimum Gasteiger partial charge on any atom is -0.341 e. The molecule has 1 saturated heterocycles. The van der Waals surface area contributed by atoms with Crippen molar-refractivity contribution < 1.29 is 26.4 Å². The van der Waals surface area contributed by atoms with Crippen LogP contribution >= 0.6 is 0 Å². The smallest absolute Gasteiger partial charge is 0.341 e. The van der Waals surface area contributed by atoms with Gasteiger partial charge in [0, 0.05) is 32.1 Å². The van der Waals surface area contributed by atoms with Crippen molar-refractivity contribution in [1.29, 1.82) is 0 Å². The summed E-state index contributed by atoms with van der Waals surface area (Å²) in [5.41, 5.74) is 0. The molecule has 0 spiro atoms. The molecule has 144 valence electrons. The Balaban J connectivity index is 1.66. The van der Waals surface area contributed by atoms with Gasteiger partial charge >= 0.3 is 6.18 Å². The molecule has 1 heterocycles. The van der Waals surface area contributed by atoms with E-state index in [-0.39, 0.29) is 31.2 Å². The quantitative estimate of drug-likeness (QED) is 0.753. The van der Waals surface area contributed by atoms with Crippen LogP contribution in [0.3, 0.4) is 0 Å². The minimum absolute atomic E-state index is 0.00985. The third kappa shape index (κ3) is 4.13. The first-order chi connectivity index (χ1) is 11.7. The first-order valence-electron chi connectivity index (χ1n) is 9.05. The van der Waals surface area contributed by atoms with Gasteiger partial charge in [-0.05, 0) is 32.1 Å². The molecule has 1 amide bonds. The van der Waals surface area contributed by atoms with Gasteiger partial charge in [-0.25, -0.2) is 8.42 Å². The second-order valence-corrected chi connectivity index (χ2v) is 9.57. The largest absolute Gasteiger partial charge is 0.392 e. The SMILES string of the molecule is O=C([C@@H]1CCCC[C@H]1C(F)(F)F)N1CCCN(S(=O)(=O)C2CC2)CC1. The zero-order chi connectivity index (χ0) is 18.2. The number of rotatable bonds is 3. The van der Waals surface area contributed by atoms with Crippen molar-refractivity contribution in [3.8, 4) is 0 Å². The Bertz CT molecular complexity index is 604. The molecule has 0 aromatic heterocycles. The molecule has 2 saturated carbocycles. The Morgan fingerprint density at radius 2 is 1.56 bits per heavy atom. The molecule has 2 atom stereocenters. The number of carbonyl (C=O) groups excluding carboxylic acids is 1. The van der Waals surface area contributed by atoms with Crippen molar-refractivity contribution in [3.05, 3.63) is 0 Å². The number of alkyl halides is 3. The Labute approximate surface area is 146 Å². The fraction of sp³-hybridized carbons (Fsp3) is 0.938. The fourth-order valence-corrected chi connectivity index (χ4v) is 5.87. The molecule has 0 unspecified atom stereocenters. The van der Waals surface area contributed by atoms with E-state index in [1.165, 1.54) is 9.21 Å². The Morgan fingerprint density at radius 3 is 2.20 bits per heavy atom. The molecule has 25 heavy (non-hydrogen) atoms. The topological polar surface area (TPSA) is 57.7 Å². The number of halogens is 3. The van der Waals surface area contributed by atoms with E-state index in [0.29, 0.717) is 45.2 Å². The molecule has 3 aliphatic rings. The van der Waals surface area contributed by atoms with E-state index in [1.807, 2.05) is 0 Å². The Morgan fingerprint density at radius 1 is 0.880 bits per heavy atom. The monoisotopic (exact) mass is 382 g/mol. The first kappa shape index (κ1) is 18.9. The first-order valence-corrected chi connectivity index (χ1v) is 10.6. The van der Waals surface area contributed by atoms with Crippen molar-refractivity contribution in [2.45, 2.75) is 56.4 Å². The summed E-state index contributed by atoms with van der Waals surface area (Å²) in [5.74, 6) is -3.03. The van der Waals surface area contributed by atoms with Gasteiger partial charge in [0.1, 0.15) is 0 Å². The highest BCUT2D eigenvalue weighted by Gasteiger charge is 2.49. The summed E-state index contributed by atoms with van der Waals surface area (Å²) in [6.07, 6.45) is -1.11. The lowest BCUT2D eigenvalue weighted by atomic mass is 9.78. The molecule has 0 aromatic carbocycles. The van der Waals surface area contributed by atoms with Crippen LogP contribution in [0, 0.1) is 11.8 Å². The van der Waals surface area contributed by atoms with Crippen molar-refractivity contribution in [2.75, 3.05) is 26.2 Å². The normalized spacial score (nSPS) is 30.1. The lowest BCUT2D eigenvalue weighted by molar-refractivity contribution is -0.200. The van der Waals surface area contributed by atoms with E-state index >= 15 is 0 Å². The zero-order valence-electron chi connectivity index (χ0n) is 14.2. The Hall–Kier alpha value is -0.830. The molecule has 0 aromatic rings. The van der Waals surface area contributed by atoms with E-state index in [2.05, 4.69) is 0 Å². The maximum absolute atomic E-state index is 13.3. The second kappa shape index (κ2) is 7.06. The number of sulfonamides is 1. The van der Waals surface area contributed by atoms with Crippen LogP contribution in [0.15, 0.2) is 0 Å².